The fourth-order valence-electron chi connectivity index (χ4n) is 4.83. The summed E-state index contributed by atoms with van der Waals surface area (Å²) in [4.78, 5) is 7.28. The van der Waals surface area contributed by atoms with Gasteiger partial charge in [-0.15, -0.1) is 0 Å². The van der Waals surface area contributed by atoms with Crippen LogP contribution in [0.3, 0.4) is 0 Å². The second-order valence-electron chi connectivity index (χ2n) is 9.48. The van der Waals surface area contributed by atoms with Gasteiger partial charge in [-0.05, 0) is 51.0 Å². The maximum Gasteiger partial charge on any atom is 0.191 e. The van der Waals surface area contributed by atoms with Crippen molar-refractivity contribution in [2.45, 2.75) is 77.0 Å². The van der Waals surface area contributed by atoms with Crippen molar-refractivity contribution in [1.82, 2.24) is 15.5 Å². The van der Waals surface area contributed by atoms with Crippen LogP contribution < -0.4 is 10.6 Å². The second kappa shape index (κ2) is 13.8. The van der Waals surface area contributed by atoms with E-state index in [1.165, 1.54) is 51.7 Å². The third-order valence-electron chi connectivity index (χ3n) is 6.78. The Morgan fingerprint density at radius 1 is 1.12 bits per heavy atom. The summed E-state index contributed by atoms with van der Waals surface area (Å²) >= 11 is 0. The van der Waals surface area contributed by atoms with Gasteiger partial charge in [0.05, 0.1) is 25.4 Å². The normalized spacial score (nSPS) is 21.3. The van der Waals surface area contributed by atoms with E-state index in [-0.39, 0.29) is 12.7 Å². The third kappa shape index (κ3) is 8.72. The van der Waals surface area contributed by atoms with E-state index in [9.17, 15) is 5.11 Å². The summed E-state index contributed by atoms with van der Waals surface area (Å²) in [6.07, 6.45) is 8.77. The minimum absolute atomic E-state index is 0.0417. The SMILES string of the molecule is CCNC(=NCC(O)COC(C)c1ccccc1)NC1CCN(CC2CCCCC2)CC1. The highest BCUT2D eigenvalue weighted by Gasteiger charge is 2.23. The fraction of sp³-hybridized carbons (Fsp3) is 0.731. The number of rotatable bonds is 10. The number of nitrogens with zero attached hydrogens (tertiary/aromatic N) is 2. The number of hydrogen-bond acceptors (Lipinski definition) is 4. The van der Waals surface area contributed by atoms with Crippen molar-refractivity contribution in [1.29, 1.82) is 0 Å². The molecule has 3 rings (SSSR count). The summed E-state index contributed by atoms with van der Waals surface area (Å²) in [5, 5.41) is 17.3. The lowest BCUT2D eigenvalue weighted by Gasteiger charge is -2.36. The summed E-state index contributed by atoms with van der Waals surface area (Å²) in [6, 6.07) is 10.5. The van der Waals surface area contributed by atoms with E-state index in [1.54, 1.807) is 0 Å². The molecule has 1 aliphatic carbocycles. The van der Waals surface area contributed by atoms with Gasteiger partial charge in [-0.3, -0.25) is 4.99 Å². The van der Waals surface area contributed by atoms with Crippen molar-refractivity contribution >= 4 is 5.96 Å². The highest BCUT2D eigenvalue weighted by Crippen LogP contribution is 2.25. The molecular weight excluding hydrogens is 400 g/mol. The van der Waals surface area contributed by atoms with E-state index in [1.807, 2.05) is 37.3 Å². The number of aliphatic hydroxyl groups is 1. The van der Waals surface area contributed by atoms with Crippen LogP contribution in [0.1, 0.15) is 70.5 Å². The maximum absolute atomic E-state index is 10.4. The average Bonchev–Trinajstić information content (AvgIpc) is 2.83. The Morgan fingerprint density at radius 2 is 1.84 bits per heavy atom. The molecule has 1 aromatic rings. The number of nitrogens with one attached hydrogen (secondary N) is 2. The Labute approximate surface area is 194 Å². The molecule has 0 radical (unpaired) electrons. The van der Waals surface area contributed by atoms with Crippen LogP contribution in [0.25, 0.3) is 0 Å². The van der Waals surface area contributed by atoms with Gasteiger partial charge in [0.15, 0.2) is 5.96 Å². The van der Waals surface area contributed by atoms with Gasteiger partial charge in [-0.2, -0.15) is 0 Å². The van der Waals surface area contributed by atoms with Crippen molar-refractivity contribution in [2.24, 2.45) is 10.9 Å². The monoisotopic (exact) mass is 444 g/mol. The first kappa shape index (κ1) is 25.0. The molecule has 2 fully saturated rings. The lowest BCUT2D eigenvalue weighted by Crippen LogP contribution is -2.49. The number of aliphatic hydroxyl groups excluding tert-OH is 1. The Bertz CT molecular complexity index is 655. The molecular formula is C26H44N4O2. The van der Waals surface area contributed by atoms with Crippen molar-refractivity contribution in [3.05, 3.63) is 35.9 Å². The summed E-state index contributed by atoms with van der Waals surface area (Å²) in [6.45, 7) is 9.12. The van der Waals surface area contributed by atoms with Crippen molar-refractivity contribution in [3.8, 4) is 0 Å². The van der Waals surface area contributed by atoms with Gasteiger partial charge in [-0.1, -0.05) is 49.6 Å². The molecule has 1 aliphatic heterocycles. The van der Waals surface area contributed by atoms with E-state index in [2.05, 4.69) is 27.4 Å². The number of likely N-dealkylation sites (tertiary alicyclic amines) is 1. The maximum atomic E-state index is 10.4. The number of piperidine rings is 1. The molecule has 1 saturated heterocycles. The van der Waals surface area contributed by atoms with Gasteiger partial charge < -0.3 is 25.4 Å². The fourth-order valence-corrected chi connectivity index (χ4v) is 4.83. The van der Waals surface area contributed by atoms with Crippen LogP contribution in [0.5, 0.6) is 0 Å². The lowest BCUT2D eigenvalue weighted by atomic mass is 9.88. The first-order valence-corrected chi connectivity index (χ1v) is 12.8. The minimum Gasteiger partial charge on any atom is -0.389 e. The molecule has 2 unspecified atom stereocenters. The number of guanidine groups is 1. The molecule has 2 atom stereocenters. The first-order valence-electron chi connectivity index (χ1n) is 12.8. The summed E-state index contributed by atoms with van der Waals surface area (Å²) in [5.74, 6) is 1.72. The highest BCUT2D eigenvalue weighted by molar-refractivity contribution is 5.80. The van der Waals surface area contributed by atoms with Crippen molar-refractivity contribution in [2.75, 3.05) is 39.3 Å². The zero-order valence-corrected chi connectivity index (χ0v) is 20.1. The summed E-state index contributed by atoms with van der Waals surface area (Å²) in [7, 11) is 0. The molecule has 2 aliphatic rings. The van der Waals surface area contributed by atoms with E-state index in [0.717, 1.165) is 36.8 Å². The van der Waals surface area contributed by atoms with Crippen molar-refractivity contribution < 1.29 is 9.84 Å². The van der Waals surface area contributed by atoms with Crippen LogP contribution >= 0.6 is 0 Å². The zero-order chi connectivity index (χ0) is 22.6. The predicted octanol–water partition coefficient (Wildman–Crippen LogP) is 3.72. The van der Waals surface area contributed by atoms with Crippen LogP contribution in [0.4, 0.5) is 0 Å². The molecule has 0 amide bonds. The van der Waals surface area contributed by atoms with Crippen LogP contribution in [0, 0.1) is 5.92 Å². The second-order valence-corrected chi connectivity index (χ2v) is 9.48. The molecule has 0 aromatic heterocycles. The molecule has 6 heteroatoms. The number of hydrogen-bond donors (Lipinski definition) is 3. The van der Waals surface area contributed by atoms with Crippen LogP contribution in [0.15, 0.2) is 35.3 Å². The molecule has 1 saturated carbocycles. The van der Waals surface area contributed by atoms with E-state index >= 15 is 0 Å². The number of benzene rings is 1. The molecule has 0 spiro atoms. The quantitative estimate of drug-likeness (QED) is 0.379. The number of aliphatic imine (C=N–C) groups is 1. The highest BCUT2D eigenvalue weighted by atomic mass is 16.5. The molecule has 6 nitrogen and oxygen atoms in total. The third-order valence-corrected chi connectivity index (χ3v) is 6.78. The molecule has 3 N–H and O–H groups in total. The van der Waals surface area contributed by atoms with E-state index < -0.39 is 6.10 Å². The molecule has 1 aromatic carbocycles. The predicted molar refractivity (Wildman–Crippen MR) is 132 cm³/mol. The topological polar surface area (TPSA) is 69.1 Å². The van der Waals surface area contributed by atoms with Gasteiger partial charge in [-0.25, -0.2) is 0 Å². The Balaban J connectivity index is 1.37. The van der Waals surface area contributed by atoms with Crippen molar-refractivity contribution in [3.63, 3.8) is 0 Å². The van der Waals surface area contributed by atoms with Crippen LogP contribution in [0.2, 0.25) is 0 Å². The zero-order valence-electron chi connectivity index (χ0n) is 20.1. The minimum atomic E-state index is -0.617. The lowest BCUT2D eigenvalue weighted by molar-refractivity contribution is 0.00111. The first-order chi connectivity index (χ1) is 15.6. The molecule has 180 valence electrons. The molecule has 32 heavy (non-hydrogen) atoms. The largest absolute Gasteiger partial charge is 0.389 e. The Hall–Kier alpha value is -1.63. The average molecular weight is 445 g/mol. The van der Waals surface area contributed by atoms with E-state index in [0.29, 0.717) is 12.6 Å². The van der Waals surface area contributed by atoms with Gasteiger partial charge >= 0.3 is 0 Å². The summed E-state index contributed by atoms with van der Waals surface area (Å²) in [5.41, 5.74) is 1.12. The standard InChI is InChI=1S/C26H44N4O2/c1-3-27-26(28-18-25(31)20-32-21(2)23-12-8-5-9-13-23)29-24-14-16-30(17-15-24)19-22-10-6-4-7-11-22/h5,8-9,12-13,21-22,24-25,31H,3-4,6-7,10-11,14-20H2,1-2H3,(H2,27,28,29). The van der Waals surface area contributed by atoms with Gasteiger partial charge in [0.25, 0.3) is 0 Å². The number of ether oxygens (including phenoxy) is 1. The molecule has 0 bridgehead atoms. The van der Waals surface area contributed by atoms with Crippen LogP contribution in [-0.2, 0) is 4.74 Å². The summed E-state index contributed by atoms with van der Waals surface area (Å²) < 4.78 is 5.84. The Kier molecular flexibility index (Phi) is 10.8. The van der Waals surface area contributed by atoms with Gasteiger partial charge in [0, 0.05) is 32.2 Å². The van der Waals surface area contributed by atoms with E-state index in [4.69, 9.17) is 4.74 Å². The molecule has 1 heterocycles. The van der Waals surface area contributed by atoms with Gasteiger partial charge in [0.2, 0.25) is 0 Å². The van der Waals surface area contributed by atoms with Gasteiger partial charge in [0.1, 0.15) is 0 Å². The van der Waals surface area contributed by atoms with Crippen LogP contribution in [-0.4, -0.2) is 67.4 Å². The smallest absolute Gasteiger partial charge is 0.191 e. The Morgan fingerprint density at radius 3 is 2.53 bits per heavy atom.